The molecule has 10 heteroatoms. The van der Waals surface area contributed by atoms with Crippen LogP contribution in [-0.2, 0) is 11.0 Å². The van der Waals surface area contributed by atoms with E-state index in [9.17, 15) is 28.1 Å². The van der Waals surface area contributed by atoms with Crippen molar-refractivity contribution in [3.05, 3.63) is 27.9 Å². The monoisotopic (exact) mass is 332 g/mol. The Balaban J connectivity index is 2.11. The second-order valence-corrected chi connectivity index (χ2v) is 5.32. The first-order valence-corrected chi connectivity index (χ1v) is 6.99. The fraction of sp³-hybridized carbons (Fsp3) is 0.538. The molecule has 2 N–H and O–H groups in total. The van der Waals surface area contributed by atoms with Crippen molar-refractivity contribution in [2.45, 2.75) is 43.9 Å². The standard InChI is InChI=1S/C13H15F3N4O3/c14-13(15,16)8-5-11(20(22)23)12(17-6-8)19-10-3-1-9(2-4-10)18-7-21/h5-7,9-10H,1-4H2,(H,17,19)(H,18,21). The van der Waals surface area contributed by atoms with Crippen molar-refractivity contribution in [1.82, 2.24) is 10.3 Å². The molecule has 1 aromatic rings. The average molecular weight is 332 g/mol. The number of nitrogens with one attached hydrogen (secondary N) is 2. The first kappa shape index (κ1) is 17.0. The maximum atomic E-state index is 12.6. The molecule has 0 unspecified atom stereocenters. The van der Waals surface area contributed by atoms with Gasteiger partial charge in [0.05, 0.1) is 10.5 Å². The number of carbonyl (C=O) groups excluding carboxylic acids is 1. The van der Waals surface area contributed by atoms with Crippen LogP contribution in [0, 0.1) is 10.1 Å². The van der Waals surface area contributed by atoms with Crippen molar-refractivity contribution in [2.24, 2.45) is 0 Å². The van der Waals surface area contributed by atoms with Gasteiger partial charge in [-0.15, -0.1) is 0 Å². The van der Waals surface area contributed by atoms with Crippen molar-refractivity contribution in [3.63, 3.8) is 0 Å². The van der Waals surface area contributed by atoms with Gasteiger partial charge in [-0.05, 0) is 25.7 Å². The fourth-order valence-electron chi connectivity index (χ4n) is 2.55. The third kappa shape index (κ3) is 4.30. The lowest BCUT2D eigenvalue weighted by atomic mass is 9.91. The average Bonchev–Trinajstić information content (AvgIpc) is 2.48. The van der Waals surface area contributed by atoms with Crippen LogP contribution in [0.2, 0.25) is 0 Å². The molecule has 0 saturated heterocycles. The predicted octanol–water partition coefficient (Wildman–Crippen LogP) is 2.48. The first-order chi connectivity index (χ1) is 10.8. The zero-order valence-corrected chi connectivity index (χ0v) is 12.0. The number of amides is 1. The summed E-state index contributed by atoms with van der Waals surface area (Å²) in [4.78, 5) is 24.1. The minimum Gasteiger partial charge on any atom is -0.362 e. The summed E-state index contributed by atoms with van der Waals surface area (Å²) in [6.07, 6.45) is -0.850. The second-order valence-electron chi connectivity index (χ2n) is 5.32. The highest BCUT2D eigenvalue weighted by molar-refractivity contribution is 5.57. The number of carbonyl (C=O) groups is 1. The highest BCUT2D eigenvalue weighted by Crippen LogP contribution is 2.34. The van der Waals surface area contributed by atoms with Crippen LogP contribution in [-0.4, -0.2) is 28.4 Å². The van der Waals surface area contributed by atoms with Gasteiger partial charge in [-0.3, -0.25) is 14.9 Å². The van der Waals surface area contributed by atoms with E-state index in [1.165, 1.54) is 0 Å². The van der Waals surface area contributed by atoms with E-state index in [1.807, 2.05) is 0 Å². The molecule has 1 heterocycles. The Hall–Kier alpha value is -2.39. The Labute approximate surface area is 129 Å². The van der Waals surface area contributed by atoms with E-state index >= 15 is 0 Å². The summed E-state index contributed by atoms with van der Waals surface area (Å²) in [5.74, 6) is -0.171. The first-order valence-electron chi connectivity index (χ1n) is 6.99. The highest BCUT2D eigenvalue weighted by Gasteiger charge is 2.34. The number of nitro groups is 1. The van der Waals surface area contributed by atoms with Crippen LogP contribution in [0.4, 0.5) is 24.7 Å². The van der Waals surface area contributed by atoms with Crippen molar-refractivity contribution in [1.29, 1.82) is 0 Å². The Morgan fingerprint density at radius 2 is 1.87 bits per heavy atom. The Kier molecular flexibility index (Phi) is 5.02. The van der Waals surface area contributed by atoms with Crippen LogP contribution in [0.15, 0.2) is 12.3 Å². The third-order valence-electron chi connectivity index (χ3n) is 3.76. The fourth-order valence-corrected chi connectivity index (χ4v) is 2.55. The minimum absolute atomic E-state index is 0.0566. The molecule has 1 amide bonds. The molecule has 0 spiro atoms. The topological polar surface area (TPSA) is 97.2 Å². The largest absolute Gasteiger partial charge is 0.418 e. The van der Waals surface area contributed by atoms with Crippen LogP contribution in [0.3, 0.4) is 0 Å². The molecule has 1 aliphatic carbocycles. The number of nitrogens with zero attached hydrogens (tertiary/aromatic N) is 2. The summed E-state index contributed by atoms with van der Waals surface area (Å²) >= 11 is 0. The van der Waals surface area contributed by atoms with Gasteiger partial charge in [0.25, 0.3) is 0 Å². The normalized spacial score (nSPS) is 21.5. The summed E-state index contributed by atoms with van der Waals surface area (Å²) < 4.78 is 37.9. The molecule has 1 aromatic heterocycles. The number of hydrogen-bond donors (Lipinski definition) is 2. The van der Waals surface area contributed by atoms with Crippen molar-refractivity contribution >= 4 is 17.9 Å². The van der Waals surface area contributed by atoms with Gasteiger partial charge in [-0.25, -0.2) is 4.98 Å². The van der Waals surface area contributed by atoms with E-state index in [0.29, 0.717) is 44.4 Å². The SMILES string of the molecule is O=CNC1CCC(Nc2ncc(C(F)(F)F)cc2[N+](=O)[O-])CC1. The molecule has 1 saturated carbocycles. The Bertz CT molecular complexity index is 586. The van der Waals surface area contributed by atoms with Gasteiger partial charge in [-0.1, -0.05) is 0 Å². The molecule has 126 valence electrons. The minimum atomic E-state index is -4.69. The second kappa shape index (κ2) is 6.80. The smallest absolute Gasteiger partial charge is 0.362 e. The molecule has 0 bridgehead atoms. The molecule has 0 atom stereocenters. The van der Waals surface area contributed by atoms with E-state index < -0.39 is 22.4 Å². The van der Waals surface area contributed by atoms with Crippen molar-refractivity contribution in [2.75, 3.05) is 5.32 Å². The van der Waals surface area contributed by atoms with Gasteiger partial charge in [0.1, 0.15) is 0 Å². The van der Waals surface area contributed by atoms with Crippen LogP contribution in [0.1, 0.15) is 31.2 Å². The van der Waals surface area contributed by atoms with E-state index in [2.05, 4.69) is 15.6 Å². The van der Waals surface area contributed by atoms with E-state index in [-0.39, 0.29) is 17.9 Å². The lowest BCUT2D eigenvalue weighted by Gasteiger charge is -2.28. The number of pyridine rings is 1. The number of rotatable bonds is 5. The predicted molar refractivity (Wildman–Crippen MR) is 74.8 cm³/mol. The highest BCUT2D eigenvalue weighted by atomic mass is 19.4. The summed E-state index contributed by atoms with van der Waals surface area (Å²) in [5.41, 5.74) is -1.86. The maximum absolute atomic E-state index is 12.6. The molecule has 23 heavy (non-hydrogen) atoms. The number of halogens is 3. The summed E-state index contributed by atoms with van der Waals surface area (Å²) in [6.45, 7) is 0. The van der Waals surface area contributed by atoms with Crippen LogP contribution in [0.5, 0.6) is 0 Å². The van der Waals surface area contributed by atoms with Gasteiger partial charge >= 0.3 is 11.9 Å². The van der Waals surface area contributed by atoms with Gasteiger partial charge < -0.3 is 10.6 Å². The number of hydrogen-bond acceptors (Lipinski definition) is 5. The lowest BCUT2D eigenvalue weighted by Crippen LogP contribution is -2.36. The Morgan fingerprint density at radius 1 is 1.26 bits per heavy atom. The molecule has 2 rings (SSSR count). The van der Waals surface area contributed by atoms with Crippen LogP contribution in [0.25, 0.3) is 0 Å². The van der Waals surface area contributed by atoms with Crippen LogP contribution >= 0.6 is 0 Å². The zero-order chi connectivity index (χ0) is 17.0. The number of aromatic nitrogens is 1. The van der Waals surface area contributed by atoms with E-state index in [4.69, 9.17) is 0 Å². The third-order valence-corrected chi connectivity index (χ3v) is 3.76. The van der Waals surface area contributed by atoms with Gasteiger partial charge in [0.2, 0.25) is 12.2 Å². The molecule has 7 nitrogen and oxygen atoms in total. The molecular formula is C13H15F3N4O3. The van der Waals surface area contributed by atoms with E-state index in [0.717, 1.165) is 0 Å². The van der Waals surface area contributed by atoms with Crippen LogP contribution < -0.4 is 10.6 Å². The quantitative estimate of drug-likeness (QED) is 0.490. The van der Waals surface area contributed by atoms with Gasteiger partial charge in [-0.2, -0.15) is 13.2 Å². The number of alkyl halides is 3. The maximum Gasteiger partial charge on any atom is 0.418 e. The lowest BCUT2D eigenvalue weighted by molar-refractivity contribution is -0.384. The zero-order valence-electron chi connectivity index (χ0n) is 12.0. The molecule has 0 radical (unpaired) electrons. The Morgan fingerprint density at radius 3 is 2.39 bits per heavy atom. The molecule has 0 aromatic carbocycles. The number of anilines is 1. The molecule has 1 fully saturated rings. The van der Waals surface area contributed by atoms with Crippen molar-refractivity contribution in [3.8, 4) is 0 Å². The summed E-state index contributed by atoms with van der Waals surface area (Å²) in [7, 11) is 0. The molecule has 0 aliphatic heterocycles. The summed E-state index contributed by atoms with van der Waals surface area (Å²) in [5, 5.41) is 16.5. The van der Waals surface area contributed by atoms with Gasteiger partial charge in [0, 0.05) is 24.3 Å². The summed E-state index contributed by atoms with van der Waals surface area (Å²) in [6, 6.07) is 0.401. The van der Waals surface area contributed by atoms with Crippen molar-refractivity contribution < 1.29 is 22.9 Å². The van der Waals surface area contributed by atoms with E-state index in [1.54, 1.807) is 0 Å². The molecule has 1 aliphatic rings. The van der Waals surface area contributed by atoms with Gasteiger partial charge in [0.15, 0.2) is 0 Å². The molecular weight excluding hydrogens is 317 g/mol.